The van der Waals surface area contributed by atoms with Crippen LogP contribution in [-0.4, -0.2) is 10.4 Å². The summed E-state index contributed by atoms with van der Waals surface area (Å²) in [6, 6.07) is 18.1. The fourth-order valence-corrected chi connectivity index (χ4v) is 2.48. The molecule has 3 nitrogen and oxygen atoms in total. The normalized spacial score (nSPS) is 12.6. The summed E-state index contributed by atoms with van der Waals surface area (Å²) in [5.74, 6) is 0.795. The summed E-state index contributed by atoms with van der Waals surface area (Å²) in [6.07, 6.45) is 0. The van der Waals surface area contributed by atoms with Gasteiger partial charge < -0.3 is 0 Å². The smallest absolute Gasteiger partial charge is 0.275 e. The lowest BCUT2D eigenvalue weighted by molar-refractivity contribution is -0.555. The maximum absolute atomic E-state index is 9.13. The molecule has 2 aromatic carbocycles. The number of benzene rings is 2. The van der Waals surface area contributed by atoms with E-state index in [-0.39, 0.29) is 12.4 Å². The molecule has 0 aliphatic carbocycles. The summed E-state index contributed by atoms with van der Waals surface area (Å²) >= 11 is 0. The minimum atomic E-state index is 0. The van der Waals surface area contributed by atoms with Crippen molar-refractivity contribution in [2.75, 3.05) is 0 Å². The molecular formula is C16H15ClN3+. The Hall–Kier alpha value is -2.31. The molecule has 0 saturated carbocycles. The molecular weight excluding hydrogens is 270 g/mol. The Kier molecular flexibility index (Phi) is 4.07. The Morgan fingerprint density at radius 1 is 1.10 bits per heavy atom. The molecule has 20 heavy (non-hydrogen) atoms. The van der Waals surface area contributed by atoms with Crippen LogP contribution in [0.3, 0.4) is 0 Å². The van der Waals surface area contributed by atoms with Crippen molar-refractivity contribution in [1.29, 1.82) is 5.26 Å². The van der Waals surface area contributed by atoms with E-state index in [0.717, 1.165) is 23.5 Å². The number of halogens is 1. The van der Waals surface area contributed by atoms with Gasteiger partial charge in [0, 0.05) is 11.1 Å². The molecule has 0 bridgehead atoms. The summed E-state index contributed by atoms with van der Waals surface area (Å²) in [5.41, 5.74) is 10.3. The Bertz CT molecular complexity index is 714. The van der Waals surface area contributed by atoms with Crippen LogP contribution in [0.1, 0.15) is 22.3 Å². The van der Waals surface area contributed by atoms with Crippen molar-refractivity contribution < 1.29 is 4.58 Å². The van der Waals surface area contributed by atoms with Gasteiger partial charge in [-0.15, -0.1) is 12.4 Å². The zero-order valence-electron chi connectivity index (χ0n) is 10.9. The highest BCUT2D eigenvalue weighted by molar-refractivity contribution is 5.96. The highest BCUT2D eigenvalue weighted by atomic mass is 35.5. The van der Waals surface area contributed by atoms with Gasteiger partial charge in [-0.2, -0.15) is 5.26 Å². The van der Waals surface area contributed by atoms with Crippen molar-refractivity contribution in [1.82, 2.24) is 0 Å². The summed E-state index contributed by atoms with van der Waals surface area (Å²) in [5, 5.41) is 9.13. The molecule has 2 aromatic rings. The number of hydrogen-bond acceptors (Lipinski definition) is 2. The van der Waals surface area contributed by atoms with E-state index in [0.29, 0.717) is 12.1 Å². The molecule has 0 spiro atoms. The van der Waals surface area contributed by atoms with E-state index in [1.165, 1.54) is 5.56 Å². The van der Waals surface area contributed by atoms with E-state index >= 15 is 0 Å². The van der Waals surface area contributed by atoms with Gasteiger partial charge in [-0.1, -0.05) is 36.4 Å². The summed E-state index contributed by atoms with van der Waals surface area (Å²) in [6.45, 7) is 1.48. The molecule has 0 fully saturated rings. The molecule has 1 aliphatic rings. The summed E-state index contributed by atoms with van der Waals surface area (Å²) in [4.78, 5) is 0. The minimum Gasteiger partial charge on any atom is -0.287 e. The van der Waals surface area contributed by atoms with Crippen molar-refractivity contribution in [2.24, 2.45) is 5.73 Å². The first kappa shape index (κ1) is 14.1. The lowest BCUT2D eigenvalue weighted by atomic mass is 10.1. The van der Waals surface area contributed by atoms with Crippen LogP contribution in [0.4, 0.5) is 0 Å². The van der Waals surface area contributed by atoms with E-state index < -0.39 is 0 Å². The van der Waals surface area contributed by atoms with Crippen LogP contribution in [0, 0.1) is 11.3 Å². The fourth-order valence-electron chi connectivity index (χ4n) is 2.48. The molecule has 0 atom stereocenters. The number of rotatable bonds is 2. The van der Waals surface area contributed by atoms with Gasteiger partial charge in [-0.25, -0.2) is 0 Å². The third-order valence-corrected chi connectivity index (χ3v) is 3.49. The summed E-state index contributed by atoms with van der Waals surface area (Å²) in [7, 11) is 0. The van der Waals surface area contributed by atoms with Crippen molar-refractivity contribution in [2.45, 2.75) is 13.1 Å². The molecule has 100 valence electrons. The third-order valence-electron chi connectivity index (χ3n) is 3.49. The minimum absolute atomic E-state index is 0. The second-order valence-corrected chi connectivity index (χ2v) is 4.67. The molecule has 0 aromatic heterocycles. The van der Waals surface area contributed by atoms with E-state index in [1.807, 2.05) is 42.5 Å². The predicted molar refractivity (Wildman–Crippen MR) is 80.8 cm³/mol. The first-order valence-electron chi connectivity index (χ1n) is 6.23. The Morgan fingerprint density at radius 3 is 2.55 bits per heavy atom. The van der Waals surface area contributed by atoms with E-state index in [4.69, 9.17) is 11.0 Å². The van der Waals surface area contributed by atoms with Gasteiger partial charge in [0.1, 0.15) is 13.1 Å². The van der Waals surface area contributed by atoms with Gasteiger partial charge in [0.15, 0.2) is 0 Å². The quantitative estimate of drug-likeness (QED) is 0.861. The third kappa shape index (κ3) is 2.38. The number of amidine groups is 1. The van der Waals surface area contributed by atoms with Gasteiger partial charge >= 0.3 is 0 Å². The highest BCUT2D eigenvalue weighted by Crippen LogP contribution is 2.19. The van der Waals surface area contributed by atoms with E-state index in [2.05, 4.69) is 16.7 Å². The Labute approximate surface area is 124 Å². The van der Waals surface area contributed by atoms with Crippen molar-refractivity contribution in [3.63, 3.8) is 0 Å². The SMILES string of the molecule is Cl.N#Cc1ccccc1C[N+]1=C(N)c2ccccc2C1. The number of hydrogen-bond donors (Lipinski definition) is 1. The number of nitrogens with zero attached hydrogens (tertiary/aromatic N) is 2. The summed E-state index contributed by atoms with van der Waals surface area (Å²) < 4.78 is 2.11. The van der Waals surface area contributed by atoms with Crippen molar-refractivity contribution in [3.8, 4) is 6.07 Å². The molecule has 1 heterocycles. The largest absolute Gasteiger partial charge is 0.287 e. The van der Waals surface area contributed by atoms with Crippen LogP contribution in [0.25, 0.3) is 0 Å². The first-order chi connectivity index (χ1) is 9.29. The van der Waals surface area contributed by atoms with Gasteiger partial charge in [0.05, 0.1) is 17.2 Å². The van der Waals surface area contributed by atoms with Gasteiger partial charge in [-0.3, -0.25) is 10.3 Å². The topological polar surface area (TPSA) is 52.8 Å². The Morgan fingerprint density at radius 2 is 1.80 bits per heavy atom. The van der Waals surface area contributed by atoms with Gasteiger partial charge in [0.2, 0.25) is 0 Å². The van der Waals surface area contributed by atoms with Crippen molar-refractivity contribution in [3.05, 3.63) is 70.8 Å². The maximum Gasteiger partial charge on any atom is 0.275 e. The highest BCUT2D eigenvalue weighted by Gasteiger charge is 2.24. The second-order valence-electron chi connectivity index (χ2n) is 4.67. The average Bonchev–Trinajstić information content (AvgIpc) is 2.77. The van der Waals surface area contributed by atoms with Crippen LogP contribution in [0.5, 0.6) is 0 Å². The molecule has 4 heteroatoms. The van der Waals surface area contributed by atoms with Crippen LogP contribution in [0.2, 0.25) is 0 Å². The average molecular weight is 285 g/mol. The van der Waals surface area contributed by atoms with E-state index in [1.54, 1.807) is 0 Å². The number of nitrogens with two attached hydrogens (primary N) is 1. The zero-order valence-corrected chi connectivity index (χ0v) is 11.7. The standard InChI is InChI=1S/C16H13N3.ClH/c17-9-12-5-1-2-6-13(12)10-19-11-14-7-3-4-8-15(14)16(19)18;/h1-8,18H,10-11H2;1H/p+1. The van der Waals surface area contributed by atoms with Crippen LogP contribution >= 0.6 is 12.4 Å². The molecule has 0 radical (unpaired) electrons. The van der Waals surface area contributed by atoms with Crippen LogP contribution < -0.4 is 5.73 Å². The molecule has 3 rings (SSSR count). The van der Waals surface area contributed by atoms with Crippen molar-refractivity contribution >= 4 is 18.2 Å². The monoisotopic (exact) mass is 284 g/mol. The molecule has 0 unspecified atom stereocenters. The second kappa shape index (κ2) is 5.77. The van der Waals surface area contributed by atoms with Crippen LogP contribution in [0.15, 0.2) is 48.5 Å². The Balaban J connectivity index is 0.00000147. The lowest BCUT2D eigenvalue weighted by Gasteiger charge is -2.05. The zero-order chi connectivity index (χ0) is 13.2. The molecule has 0 saturated heterocycles. The fraction of sp³-hybridized carbons (Fsp3) is 0.125. The van der Waals surface area contributed by atoms with Gasteiger partial charge in [0.25, 0.3) is 5.84 Å². The van der Waals surface area contributed by atoms with Gasteiger partial charge in [-0.05, 0) is 12.1 Å². The molecule has 0 amide bonds. The maximum atomic E-state index is 9.13. The first-order valence-corrected chi connectivity index (χ1v) is 6.23. The molecule has 1 aliphatic heterocycles. The number of fused-ring (bicyclic) bond motifs is 1. The predicted octanol–water partition coefficient (Wildman–Crippen LogP) is 2.41. The molecule has 2 N–H and O–H groups in total. The lowest BCUT2D eigenvalue weighted by Crippen LogP contribution is -2.23. The van der Waals surface area contributed by atoms with Crippen LogP contribution in [-0.2, 0) is 13.1 Å². The number of nitriles is 1. The van der Waals surface area contributed by atoms with E-state index in [9.17, 15) is 0 Å².